The molecular formula is C23H27N3O6S. The molecule has 1 atom stereocenters. The van der Waals surface area contributed by atoms with Crippen molar-refractivity contribution < 1.29 is 27.5 Å². The third-order valence-electron chi connectivity index (χ3n) is 5.59. The highest BCUT2D eigenvalue weighted by Gasteiger charge is 2.41. The Morgan fingerprint density at radius 3 is 2.36 bits per heavy atom. The second-order valence-electron chi connectivity index (χ2n) is 7.54. The van der Waals surface area contributed by atoms with Gasteiger partial charge in [-0.15, -0.1) is 0 Å². The van der Waals surface area contributed by atoms with Crippen LogP contribution >= 0.6 is 0 Å². The average Bonchev–Trinajstić information content (AvgIpc) is 3.02. The van der Waals surface area contributed by atoms with Crippen LogP contribution < -0.4 is 10.1 Å². The predicted octanol–water partition coefficient (Wildman–Crippen LogP) is 1.78. The zero-order valence-electron chi connectivity index (χ0n) is 18.8. The van der Waals surface area contributed by atoms with E-state index < -0.39 is 27.9 Å². The third kappa shape index (κ3) is 4.85. The minimum absolute atomic E-state index is 0.0608. The molecule has 1 unspecified atom stereocenters. The van der Waals surface area contributed by atoms with Crippen LogP contribution in [0, 0.1) is 0 Å². The summed E-state index contributed by atoms with van der Waals surface area (Å²) in [6.45, 7) is 1.63. The monoisotopic (exact) mass is 473 g/mol. The first-order chi connectivity index (χ1) is 15.7. The van der Waals surface area contributed by atoms with Crippen LogP contribution in [0.3, 0.4) is 0 Å². The van der Waals surface area contributed by atoms with Gasteiger partial charge in [-0.05, 0) is 36.2 Å². The molecule has 1 aliphatic heterocycles. The largest absolute Gasteiger partial charge is 0.497 e. The molecule has 2 aromatic rings. The van der Waals surface area contributed by atoms with E-state index in [9.17, 15) is 22.8 Å². The topological polar surface area (TPSA) is 113 Å². The number of nitrogens with one attached hydrogen (secondary N) is 1. The summed E-state index contributed by atoms with van der Waals surface area (Å²) in [5, 5.41) is 2.57. The predicted molar refractivity (Wildman–Crippen MR) is 121 cm³/mol. The summed E-state index contributed by atoms with van der Waals surface area (Å²) in [5.41, 5.74) is 0.876. The first-order valence-corrected chi connectivity index (χ1v) is 12.0. The van der Waals surface area contributed by atoms with E-state index in [1.54, 1.807) is 50.4 Å². The molecule has 0 spiro atoms. The Labute approximate surface area is 193 Å². The zero-order chi connectivity index (χ0) is 24.2. The molecule has 3 rings (SSSR count). The number of likely N-dealkylation sites (N-methyl/N-ethyl adjacent to an activating group) is 1. The lowest BCUT2D eigenvalue weighted by Gasteiger charge is -2.30. The number of rotatable bonds is 9. The Hall–Kier alpha value is -3.40. The lowest BCUT2D eigenvalue weighted by molar-refractivity contribution is -0.141. The maximum absolute atomic E-state index is 13.2. The highest BCUT2D eigenvalue weighted by molar-refractivity contribution is 7.90. The standard InChI is InChI=1S/C23H27N3O6S/c1-4-19(22(28)24-2)25(15-16-9-11-17(32-3)12-10-16)21(27)13-14-26-23(29)18-7-5-6-8-20(18)33(26,30)31/h5-12,19H,4,13-15H2,1-3H3,(H,24,28). The van der Waals surface area contributed by atoms with Crippen molar-refractivity contribution >= 4 is 27.7 Å². The number of hydrogen-bond donors (Lipinski definition) is 1. The van der Waals surface area contributed by atoms with E-state index in [1.165, 1.54) is 24.1 Å². The maximum atomic E-state index is 13.2. The number of hydrogen-bond acceptors (Lipinski definition) is 6. The quantitative estimate of drug-likeness (QED) is 0.594. The summed E-state index contributed by atoms with van der Waals surface area (Å²) < 4.78 is 31.4. The van der Waals surface area contributed by atoms with Crippen LogP contribution in [0.5, 0.6) is 5.75 Å². The molecule has 10 heteroatoms. The van der Waals surface area contributed by atoms with Crippen molar-refractivity contribution in [3.63, 3.8) is 0 Å². The second-order valence-corrected chi connectivity index (χ2v) is 9.37. The van der Waals surface area contributed by atoms with Crippen LogP contribution in [-0.2, 0) is 26.2 Å². The van der Waals surface area contributed by atoms with Gasteiger partial charge in [0.25, 0.3) is 15.9 Å². The highest BCUT2D eigenvalue weighted by atomic mass is 32.2. The minimum Gasteiger partial charge on any atom is -0.497 e. The van der Waals surface area contributed by atoms with E-state index in [0.29, 0.717) is 12.2 Å². The van der Waals surface area contributed by atoms with Crippen LogP contribution in [0.1, 0.15) is 35.7 Å². The first kappa shape index (κ1) is 24.2. The van der Waals surface area contributed by atoms with Gasteiger partial charge in [-0.25, -0.2) is 12.7 Å². The van der Waals surface area contributed by atoms with Crippen molar-refractivity contribution in [2.75, 3.05) is 20.7 Å². The van der Waals surface area contributed by atoms with Crippen molar-refractivity contribution in [1.82, 2.24) is 14.5 Å². The van der Waals surface area contributed by atoms with Gasteiger partial charge in [-0.3, -0.25) is 14.4 Å². The van der Waals surface area contributed by atoms with E-state index >= 15 is 0 Å². The molecule has 0 fully saturated rings. The number of benzene rings is 2. The van der Waals surface area contributed by atoms with Gasteiger partial charge >= 0.3 is 0 Å². The summed E-state index contributed by atoms with van der Waals surface area (Å²) in [5.74, 6) is -0.748. The molecule has 1 N–H and O–H groups in total. The molecule has 0 radical (unpaired) electrons. The normalized spacial score (nSPS) is 15.0. The van der Waals surface area contributed by atoms with Gasteiger partial charge < -0.3 is 15.0 Å². The number of sulfonamides is 1. The maximum Gasteiger partial charge on any atom is 0.269 e. The van der Waals surface area contributed by atoms with Crippen molar-refractivity contribution in [2.45, 2.75) is 37.2 Å². The minimum atomic E-state index is -4.01. The molecule has 33 heavy (non-hydrogen) atoms. The summed E-state index contributed by atoms with van der Waals surface area (Å²) >= 11 is 0. The summed E-state index contributed by atoms with van der Waals surface area (Å²) in [6, 6.07) is 12.3. The number of carbonyl (C=O) groups excluding carboxylic acids is 3. The summed E-state index contributed by atoms with van der Waals surface area (Å²) in [6.07, 6.45) is 0.122. The smallest absolute Gasteiger partial charge is 0.269 e. The van der Waals surface area contributed by atoms with Crippen LogP contribution in [0.25, 0.3) is 0 Å². The van der Waals surface area contributed by atoms with Gasteiger partial charge in [-0.1, -0.05) is 31.2 Å². The Morgan fingerprint density at radius 1 is 1.12 bits per heavy atom. The fraction of sp³-hybridized carbons (Fsp3) is 0.348. The van der Waals surface area contributed by atoms with Gasteiger partial charge in [-0.2, -0.15) is 0 Å². The molecule has 3 amide bonds. The van der Waals surface area contributed by atoms with E-state index in [4.69, 9.17) is 4.74 Å². The van der Waals surface area contributed by atoms with Gasteiger partial charge in [0.2, 0.25) is 11.8 Å². The Balaban J connectivity index is 1.81. The number of methoxy groups -OCH3 is 1. The Bertz CT molecular complexity index is 1150. The molecule has 0 aromatic heterocycles. The summed E-state index contributed by atoms with van der Waals surface area (Å²) in [7, 11) is -0.966. The fourth-order valence-electron chi connectivity index (χ4n) is 3.81. The van der Waals surface area contributed by atoms with Gasteiger partial charge in [0.1, 0.15) is 16.7 Å². The molecule has 176 valence electrons. The Kier molecular flexibility index (Phi) is 7.37. The SMILES string of the molecule is CCC(C(=O)NC)N(Cc1ccc(OC)cc1)C(=O)CCN1C(=O)c2ccccc2S1(=O)=O. The van der Waals surface area contributed by atoms with Crippen molar-refractivity contribution in [3.8, 4) is 5.75 Å². The lowest BCUT2D eigenvalue weighted by atomic mass is 10.1. The second kappa shape index (κ2) is 10.0. The molecule has 0 saturated carbocycles. The van der Waals surface area contributed by atoms with E-state index in [2.05, 4.69) is 5.32 Å². The van der Waals surface area contributed by atoms with Crippen LogP contribution in [0.15, 0.2) is 53.4 Å². The van der Waals surface area contributed by atoms with Crippen LogP contribution in [0.4, 0.5) is 0 Å². The number of carbonyl (C=O) groups is 3. The van der Waals surface area contributed by atoms with Gasteiger partial charge in [0.05, 0.1) is 12.7 Å². The van der Waals surface area contributed by atoms with Gasteiger partial charge in [0, 0.05) is 26.6 Å². The van der Waals surface area contributed by atoms with Crippen LogP contribution in [-0.4, -0.2) is 62.1 Å². The molecule has 9 nitrogen and oxygen atoms in total. The lowest BCUT2D eigenvalue weighted by Crippen LogP contribution is -2.49. The van der Waals surface area contributed by atoms with Crippen molar-refractivity contribution in [3.05, 3.63) is 59.7 Å². The van der Waals surface area contributed by atoms with E-state index in [-0.39, 0.29) is 35.9 Å². The average molecular weight is 474 g/mol. The Morgan fingerprint density at radius 2 is 1.79 bits per heavy atom. The first-order valence-electron chi connectivity index (χ1n) is 10.5. The number of nitrogens with zero attached hydrogens (tertiary/aromatic N) is 2. The van der Waals surface area contributed by atoms with Crippen molar-refractivity contribution in [2.24, 2.45) is 0 Å². The van der Waals surface area contributed by atoms with Gasteiger partial charge in [0.15, 0.2) is 0 Å². The number of fused-ring (bicyclic) bond motifs is 1. The molecule has 2 aromatic carbocycles. The molecule has 1 aliphatic rings. The molecule has 1 heterocycles. The zero-order valence-corrected chi connectivity index (χ0v) is 19.6. The van der Waals surface area contributed by atoms with Crippen molar-refractivity contribution in [1.29, 1.82) is 0 Å². The molecule has 0 saturated heterocycles. The van der Waals surface area contributed by atoms with E-state index in [1.807, 2.05) is 0 Å². The third-order valence-corrected chi connectivity index (χ3v) is 7.43. The molecular weight excluding hydrogens is 446 g/mol. The number of amides is 3. The van der Waals surface area contributed by atoms with E-state index in [0.717, 1.165) is 9.87 Å². The van der Waals surface area contributed by atoms with Crippen LogP contribution in [0.2, 0.25) is 0 Å². The highest BCUT2D eigenvalue weighted by Crippen LogP contribution is 2.30. The number of ether oxygens (including phenoxy) is 1. The fourth-order valence-corrected chi connectivity index (χ4v) is 5.38. The molecule has 0 aliphatic carbocycles. The summed E-state index contributed by atoms with van der Waals surface area (Å²) in [4.78, 5) is 39.7. The molecule has 0 bridgehead atoms.